The van der Waals surface area contributed by atoms with E-state index in [4.69, 9.17) is 5.11 Å². The summed E-state index contributed by atoms with van der Waals surface area (Å²) < 4.78 is 0. The minimum Gasteiger partial charge on any atom is -0.507 e. The van der Waals surface area contributed by atoms with Gasteiger partial charge in [-0.2, -0.15) is 0 Å². The van der Waals surface area contributed by atoms with Gasteiger partial charge in [-0.05, 0) is 19.1 Å². The quantitative estimate of drug-likeness (QED) is 0.613. The third-order valence-electron chi connectivity index (χ3n) is 1.70. The maximum absolute atomic E-state index is 10.9. The van der Waals surface area contributed by atoms with Crippen LogP contribution in [0.15, 0.2) is 12.1 Å². The summed E-state index contributed by atoms with van der Waals surface area (Å²) in [5.74, 6) is -2.88. The molecular formula is C9H8O5. The lowest BCUT2D eigenvalue weighted by Gasteiger charge is -2.04. The van der Waals surface area contributed by atoms with Crippen LogP contribution < -0.4 is 0 Å². The van der Waals surface area contributed by atoms with Crippen molar-refractivity contribution in [2.75, 3.05) is 0 Å². The molecule has 0 saturated heterocycles. The van der Waals surface area contributed by atoms with Crippen molar-refractivity contribution in [3.05, 3.63) is 23.3 Å². The largest absolute Gasteiger partial charge is 0.507 e. The number of ketones is 1. The van der Waals surface area contributed by atoms with Crippen LogP contribution in [0, 0.1) is 0 Å². The molecule has 5 heteroatoms. The lowest BCUT2D eigenvalue weighted by Crippen LogP contribution is -2.00. The third kappa shape index (κ3) is 1.66. The lowest BCUT2D eigenvalue weighted by atomic mass is 10.1. The molecule has 0 aliphatic rings. The average Bonchev–Trinajstić information content (AvgIpc) is 2.01. The molecule has 0 unspecified atom stereocenters. The normalized spacial score (nSPS) is 9.79. The highest BCUT2D eigenvalue weighted by molar-refractivity contribution is 6.01. The van der Waals surface area contributed by atoms with Crippen LogP contribution in [0.25, 0.3) is 0 Å². The highest BCUT2D eigenvalue weighted by Gasteiger charge is 2.16. The molecule has 0 aliphatic carbocycles. The fourth-order valence-electron chi connectivity index (χ4n) is 1.10. The number of carbonyl (C=O) groups is 2. The maximum Gasteiger partial charge on any atom is 0.335 e. The molecule has 5 nitrogen and oxygen atoms in total. The molecule has 0 fully saturated rings. The Bertz CT molecular complexity index is 385. The van der Waals surface area contributed by atoms with Crippen LogP contribution in [0.2, 0.25) is 0 Å². The molecule has 14 heavy (non-hydrogen) atoms. The first-order valence-electron chi connectivity index (χ1n) is 3.73. The Kier molecular flexibility index (Phi) is 2.42. The van der Waals surface area contributed by atoms with Crippen molar-refractivity contribution in [3.8, 4) is 11.5 Å². The van der Waals surface area contributed by atoms with Crippen LogP contribution in [0.3, 0.4) is 0 Å². The van der Waals surface area contributed by atoms with E-state index in [1.54, 1.807) is 0 Å². The summed E-state index contributed by atoms with van der Waals surface area (Å²) in [7, 11) is 0. The monoisotopic (exact) mass is 196 g/mol. The summed E-state index contributed by atoms with van der Waals surface area (Å²) in [4.78, 5) is 21.4. The van der Waals surface area contributed by atoms with Crippen molar-refractivity contribution in [2.45, 2.75) is 6.92 Å². The number of Topliss-reactive ketones (excluding diaryl/α,β-unsaturated/α-hetero) is 1. The first-order chi connectivity index (χ1) is 6.43. The van der Waals surface area contributed by atoms with E-state index in [0.29, 0.717) is 0 Å². The first-order valence-corrected chi connectivity index (χ1v) is 3.73. The SMILES string of the molecule is CC(=O)c1c(O)cc(C(=O)O)cc1O. The van der Waals surface area contributed by atoms with Crippen LogP contribution in [-0.4, -0.2) is 27.1 Å². The topological polar surface area (TPSA) is 94.8 Å². The summed E-state index contributed by atoms with van der Waals surface area (Å²) in [5.41, 5.74) is -0.542. The van der Waals surface area contributed by atoms with Gasteiger partial charge in [0.2, 0.25) is 0 Å². The number of rotatable bonds is 2. The fraction of sp³-hybridized carbons (Fsp3) is 0.111. The number of carboxylic acids is 1. The van der Waals surface area contributed by atoms with Gasteiger partial charge in [0.25, 0.3) is 0 Å². The molecule has 1 aromatic carbocycles. The van der Waals surface area contributed by atoms with Crippen LogP contribution in [0.5, 0.6) is 11.5 Å². The Morgan fingerprint density at radius 1 is 1.14 bits per heavy atom. The van der Waals surface area contributed by atoms with E-state index in [2.05, 4.69) is 0 Å². The zero-order chi connectivity index (χ0) is 10.9. The van der Waals surface area contributed by atoms with Gasteiger partial charge >= 0.3 is 5.97 Å². The summed E-state index contributed by atoms with van der Waals surface area (Å²) in [6, 6.07) is 1.83. The highest BCUT2D eigenvalue weighted by Crippen LogP contribution is 2.28. The van der Waals surface area contributed by atoms with Gasteiger partial charge in [-0.3, -0.25) is 4.79 Å². The van der Waals surface area contributed by atoms with E-state index in [9.17, 15) is 19.8 Å². The summed E-state index contributed by atoms with van der Waals surface area (Å²) in [5, 5.41) is 27.1. The second kappa shape index (κ2) is 3.37. The Morgan fingerprint density at radius 2 is 1.57 bits per heavy atom. The summed E-state index contributed by atoms with van der Waals surface area (Å²) >= 11 is 0. The number of hydrogen-bond acceptors (Lipinski definition) is 4. The zero-order valence-electron chi connectivity index (χ0n) is 7.31. The molecule has 0 spiro atoms. The molecule has 0 saturated carbocycles. The van der Waals surface area contributed by atoms with Crippen molar-refractivity contribution in [2.24, 2.45) is 0 Å². The van der Waals surface area contributed by atoms with Crippen molar-refractivity contribution in [1.29, 1.82) is 0 Å². The molecule has 0 radical (unpaired) electrons. The summed E-state index contributed by atoms with van der Waals surface area (Å²) in [6.07, 6.45) is 0. The molecular weight excluding hydrogens is 188 g/mol. The van der Waals surface area contributed by atoms with Crippen molar-refractivity contribution >= 4 is 11.8 Å². The molecule has 0 heterocycles. The Balaban J connectivity index is 3.39. The summed E-state index contributed by atoms with van der Waals surface area (Å²) in [6.45, 7) is 1.16. The van der Waals surface area contributed by atoms with E-state index in [1.807, 2.05) is 0 Å². The minimum absolute atomic E-state index is 0.269. The van der Waals surface area contributed by atoms with Gasteiger partial charge in [0.1, 0.15) is 17.1 Å². The highest BCUT2D eigenvalue weighted by atomic mass is 16.4. The van der Waals surface area contributed by atoms with Gasteiger partial charge in [-0.15, -0.1) is 0 Å². The number of aromatic hydroxyl groups is 2. The maximum atomic E-state index is 10.9. The molecule has 0 amide bonds. The molecule has 0 aliphatic heterocycles. The Morgan fingerprint density at radius 3 is 1.86 bits per heavy atom. The van der Waals surface area contributed by atoms with E-state index in [-0.39, 0.29) is 11.1 Å². The lowest BCUT2D eigenvalue weighted by molar-refractivity contribution is 0.0695. The van der Waals surface area contributed by atoms with Crippen LogP contribution in [0.1, 0.15) is 27.6 Å². The zero-order valence-corrected chi connectivity index (χ0v) is 7.31. The van der Waals surface area contributed by atoms with Crippen molar-refractivity contribution < 1.29 is 24.9 Å². The van der Waals surface area contributed by atoms with Gasteiger partial charge in [0.15, 0.2) is 5.78 Å². The standard InChI is InChI=1S/C9H8O5/c1-4(10)8-6(11)2-5(9(13)14)3-7(8)12/h2-3,11-12H,1H3,(H,13,14). The van der Waals surface area contributed by atoms with Crippen LogP contribution in [0.4, 0.5) is 0 Å². The molecule has 0 bridgehead atoms. The smallest absolute Gasteiger partial charge is 0.335 e. The predicted molar refractivity (Wildman–Crippen MR) is 46.7 cm³/mol. The predicted octanol–water partition coefficient (Wildman–Crippen LogP) is 0.999. The molecule has 1 aromatic rings. The number of benzene rings is 1. The molecule has 3 N–H and O–H groups in total. The number of aromatic carboxylic acids is 1. The number of phenolic OH excluding ortho intramolecular Hbond substituents is 2. The Hall–Kier alpha value is -2.04. The van der Waals surface area contributed by atoms with Crippen molar-refractivity contribution in [1.82, 2.24) is 0 Å². The van der Waals surface area contributed by atoms with Gasteiger partial charge in [-0.25, -0.2) is 4.79 Å². The third-order valence-corrected chi connectivity index (χ3v) is 1.70. The van der Waals surface area contributed by atoms with Gasteiger partial charge < -0.3 is 15.3 Å². The van der Waals surface area contributed by atoms with E-state index in [1.165, 1.54) is 0 Å². The molecule has 0 atom stereocenters. The van der Waals surface area contributed by atoms with Gasteiger partial charge in [0, 0.05) is 0 Å². The van der Waals surface area contributed by atoms with Gasteiger partial charge in [0.05, 0.1) is 5.56 Å². The number of hydrogen-bond donors (Lipinski definition) is 3. The molecule has 74 valence electrons. The van der Waals surface area contributed by atoms with Crippen LogP contribution in [-0.2, 0) is 0 Å². The van der Waals surface area contributed by atoms with E-state index < -0.39 is 23.3 Å². The van der Waals surface area contributed by atoms with E-state index in [0.717, 1.165) is 19.1 Å². The second-order valence-electron chi connectivity index (χ2n) is 2.75. The average molecular weight is 196 g/mol. The molecule has 0 aromatic heterocycles. The van der Waals surface area contributed by atoms with E-state index >= 15 is 0 Å². The fourth-order valence-corrected chi connectivity index (χ4v) is 1.10. The molecule has 1 rings (SSSR count). The number of carboxylic acid groups (broad SMARTS) is 1. The number of phenols is 2. The second-order valence-corrected chi connectivity index (χ2v) is 2.75. The Labute approximate surface area is 79.2 Å². The van der Waals surface area contributed by atoms with Gasteiger partial charge in [-0.1, -0.05) is 0 Å². The number of carbonyl (C=O) groups excluding carboxylic acids is 1. The van der Waals surface area contributed by atoms with Crippen molar-refractivity contribution in [3.63, 3.8) is 0 Å². The van der Waals surface area contributed by atoms with Crippen LogP contribution >= 0.6 is 0 Å². The first kappa shape index (κ1) is 10.0. The minimum atomic E-state index is -1.29.